The quantitative estimate of drug-likeness (QED) is 0.642. The highest BCUT2D eigenvalue weighted by Gasteiger charge is 2.02. The fourth-order valence-electron chi connectivity index (χ4n) is 1.92. The van der Waals surface area contributed by atoms with E-state index in [9.17, 15) is 0 Å². The summed E-state index contributed by atoms with van der Waals surface area (Å²) in [4.78, 5) is 4.70. The van der Waals surface area contributed by atoms with Crippen molar-refractivity contribution in [3.05, 3.63) is 24.2 Å². The zero-order chi connectivity index (χ0) is 13.2. The van der Waals surface area contributed by atoms with Crippen LogP contribution >= 0.6 is 0 Å². The lowest BCUT2D eigenvalue weighted by Gasteiger charge is -2.19. The molecular weight excluding hydrogens is 226 g/mol. The number of nitrogens with one attached hydrogen (secondary N) is 1. The van der Waals surface area contributed by atoms with Gasteiger partial charge in [0.25, 0.3) is 0 Å². The summed E-state index contributed by atoms with van der Waals surface area (Å²) in [6.07, 6.45) is 1.73. The number of furan rings is 1. The molecule has 1 rings (SSSR count). The van der Waals surface area contributed by atoms with Crippen LogP contribution in [0.4, 0.5) is 0 Å². The van der Waals surface area contributed by atoms with E-state index in [1.807, 2.05) is 12.1 Å². The smallest absolute Gasteiger partial charge is 0.117 e. The Morgan fingerprint density at radius 2 is 1.89 bits per heavy atom. The van der Waals surface area contributed by atoms with E-state index in [0.717, 1.165) is 51.6 Å². The fraction of sp³-hybridized carbons (Fsp3) is 0.714. The van der Waals surface area contributed by atoms with Crippen LogP contribution in [0.5, 0.6) is 0 Å². The summed E-state index contributed by atoms with van der Waals surface area (Å²) < 4.78 is 5.32. The van der Waals surface area contributed by atoms with Gasteiger partial charge in [-0.25, -0.2) is 0 Å². The molecule has 0 saturated heterocycles. The standard InChI is InChI=1S/C14H27N3O/c1-4-17(5-2)11-9-15-8-10-16(3)13-14-7-6-12-18-14/h6-7,12,15H,4-5,8-11,13H2,1-3H3. The number of hydrogen-bond acceptors (Lipinski definition) is 4. The van der Waals surface area contributed by atoms with E-state index in [1.165, 1.54) is 0 Å². The van der Waals surface area contributed by atoms with Crippen LogP contribution in [-0.2, 0) is 6.54 Å². The highest BCUT2D eigenvalue weighted by atomic mass is 16.3. The molecule has 0 aliphatic carbocycles. The second kappa shape index (κ2) is 9.14. The van der Waals surface area contributed by atoms with Crippen molar-refractivity contribution in [1.29, 1.82) is 0 Å². The van der Waals surface area contributed by atoms with Crippen LogP contribution in [-0.4, -0.2) is 56.1 Å². The number of hydrogen-bond donors (Lipinski definition) is 1. The van der Waals surface area contributed by atoms with Crippen LogP contribution in [0.3, 0.4) is 0 Å². The van der Waals surface area contributed by atoms with Gasteiger partial charge in [0, 0.05) is 26.2 Å². The summed E-state index contributed by atoms with van der Waals surface area (Å²) in [5.41, 5.74) is 0. The Hall–Kier alpha value is -0.840. The summed E-state index contributed by atoms with van der Waals surface area (Å²) in [5, 5.41) is 3.48. The van der Waals surface area contributed by atoms with Crippen LogP contribution in [0.15, 0.2) is 22.8 Å². The van der Waals surface area contributed by atoms with Gasteiger partial charge >= 0.3 is 0 Å². The van der Waals surface area contributed by atoms with Crippen LogP contribution < -0.4 is 5.32 Å². The summed E-state index contributed by atoms with van der Waals surface area (Å²) in [6, 6.07) is 3.95. The molecule has 4 heteroatoms. The predicted molar refractivity (Wildman–Crippen MR) is 75.7 cm³/mol. The summed E-state index contributed by atoms with van der Waals surface area (Å²) in [5.74, 6) is 1.03. The lowest BCUT2D eigenvalue weighted by atomic mass is 10.4. The first-order valence-corrected chi connectivity index (χ1v) is 6.90. The molecule has 104 valence electrons. The van der Waals surface area contributed by atoms with E-state index in [-0.39, 0.29) is 0 Å². The monoisotopic (exact) mass is 253 g/mol. The minimum atomic E-state index is 0.880. The SMILES string of the molecule is CCN(CC)CCNCCN(C)Cc1ccco1. The minimum Gasteiger partial charge on any atom is -0.468 e. The third-order valence-electron chi connectivity index (χ3n) is 3.18. The van der Waals surface area contributed by atoms with Gasteiger partial charge in [0.1, 0.15) is 5.76 Å². The van der Waals surface area contributed by atoms with Gasteiger partial charge in [-0.15, -0.1) is 0 Å². The maximum Gasteiger partial charge on any atom is 0.117 e. The molecule has 4 nitrogen and oxygen atoms in total. The largest absolute Gasteiger partial charge is 0.468 e. The van der Waals surface area contributed by atoms with Crippen molar-refractivity contribution in [2.24, 2.45) is 0 Å². The Kier molecular flexibility index (Phi) is 7.73. The molecule has 1 N–H and O–H groups in total. The highest BCUT2D eigenvalue weighted by molar-refractivity contribution is 4.97. The molecule has 18 heavy (non-hydrogen) atoms. The average Bonchev–Trinajstić information content (AvgIpc) is 2.86. The van der Waals surface area contributed by atoms with Crippen molar-refractivity contribution >= 4 is 0 Å². The summed E-state index contributed by atoms with van der Waals surface area (Å²) in [6.45, 7) is 11.8. The second-order valence-corrected chi connectivity index (χ2v) is 4.59. The van der Waals surface area contributed by atoms with E-state index < -0.39 is 0 Å². The van der Waals surface area contributed by atoms with E-state index in [0.29, 0.717) is 0 Å². The maximum absolute atomic E-state index is 5.32. The maximum atomic E-state index is 5.32. The lowest BCUT2D eigenvalue weighted by molar-refractivity contribution is 0.280. The summed E-state index contributed by atoms with van der Waals surface area (Å²) >= 11 is 0. The average molecular weight is 253 g/mol. The van der Waals surface area contributed by atoms with Gasteiger partial charge in [-0.2, -0.15) is 0 Å². The zero-order valence-corrected chi connectivity index (χ0v) is 12.0. The molecule has 1 heterocycles. The van der Waals surface area contributed by atoms with E-state index in [2.05, 4.69) is 36.0 Å². The van der Waals surface area contributed by atoms with Crippen molar-refractivity contribution < 1.29 is 4.42 Å². The molecule has 0 radical (unpaired) electrons. The molecule has 0 atom stereocenters. The van der Waals surface area contributed by atoms with E-state index in [4.69, 9.17) is 4.42 Å². The van der Waals surface area contributed by atoms with Crippen molar-refractivity contribution in [3.8, 4) is 0 Å². The van der Waals surface area contributed by atoms with Gasteiger partial charge < -0.3 is 14.6 Å². The molecule has 0 amide bonds. The molecule has 0 aliphatic rings. The van der Waals surface area contributed by atoms with Crippen LogP contribution in [0, 0.1) is 0 Å². The van der Waals surface area contributed by atoms with Gasteiger partial charge in [-0.05, 0) is 32.3 Å². The van der Waals surface area contributed by atoms with Gasteiger partial charge in [0.2, 0.25) is 0 Å². The molecule has 0 unspecified atom stereocenters. The zero-order valence-electron chi connectivity index (χ0n) is 12.0. The lowest BCUT2D eigenvalue weighted by Crippen LogP contribution is -2.35. The first-order chi connectivity index (χ1) is 8.76. The topological polar surface area (TPSA) is 31.6 Å². The number of nitrogens with zero attached hydrogens (tertiary/aromatic N) is 2. The molecule has 0 saturated carbocycles. The third-order valence-corrected chi connectivity index (χ3v) is 3.18. The minimum absolute atomic E-state index is 0.880. The van der Waals surface area contributed by atoms with Crippen molar-refractivity contribution in [3.63, 3.8) is 0 Å². The first kappa shape index (κ1) is 15.2. The van der Waals surface area contributed by atoms with Gasteiger partial charge in [0.05, 0.1) is 12.8 Å². The van der Waals surface area contributed by atoms with Crippen LogP contribution in [0.2, 0.25) is 0 Å². The van der Waals surface area contributed by atoms with Gasteiger partial charge in [0.15, 0.2) is 0 Å². The van der Waals surface area contributed by atoms with E-state index >= 15 is 0 Å². The first-order valence-electron chi connectivity index (χ1n) is 6.90. The Morgan fingerprint density at radius 3 is 2.50 bits per heavy atom. The Morgan fingerprint density at radius 1 is 1.17 bits per heavy atom. The highest BCUT2D eigenvalue weighted by Crippen LogP contribution is 2.02. The van der Waals surface area contributed by atoms with Gasteiger partial charge in [-0.1, -0.05) is 13.8 Å². The Bertz CT molecular complexity index is 283. The van der Waals surface area contributed by atoms with Crippen LogP contribution in [0.25, 0.3) is 0 Å². The summed E-state index contributed by atoms with van der Waals surface area (Å²) in [7, 11) is 2.12. The van der Waals surface area contributed by atoms with E-state index in [1.54, 1.807) is 6.26 Å². The van der Waals surface area contributed by atoms with Gasteiger partial charge in [-0.3, -0.25) is 4.90 Å². The molecule has 1 aromatic rings. The van der Waals surface area contributed by atoms with Crippen molar-refractivity contribution in [2.75, 3.05) is 46.3 Å². The molecule has 0 spiro atoms. The fourth-order valence-corrected chi connectivity index (χ4v) is 1.92. The Labute approximate surface area is 111 Å². The van der Waals surface area contributed by atoms with Crippen LogP contribution in [0.1, 0.15) is 19.6 Å². The third kappa shape index (κ3) is 6.19. The normalized spacial score (nSPS) is 11.6. The number of likely N-dealkylation sites (N-methyl/N-ethyl adjacent to an activating group) is 2. The molecule has 0 aromatic carbocycles. The number of rotatable bonds is 10. The molecular formula is C14H27N3O. The predicted octanol–water partition coefficient (Wildman–Crippen LogP) is 1.64. The van der Waals surface area contributed by atoms with Crippen molar-refractivity contribution in [1.82, 2.24) is 15.1 Å². The molecule has 0 fully saturated rings. The Balaban J connectivity index is 2.00. The molecule has 1 aromatic heterocycles. The van der Waals surface area contributed by atoms with Crippen molar-refractivity contribution in [2.45, 2.75) is 20.4 Å². The second-order valence-electron chi connectivity index (χ2n) is 4.59. The molecule has 0 bridgehead atoms. The molecule has 0 aliphatic heterocycles.